The number of aliphatic carboxylic acids is 1. The zero-order chi connectivity index (χ0) is 18.0. The largest absolute Gasteiger partial charge is 0.481 e. The predicted molar refractivity (Wildman–Crippen MR) is 90.8 cm³/mol. The van der Waals surface area contributed by atoms with Gasteiger partial charge in [-0.15, -0.1) is 0 Å². The lowest BCUT2D eigenvalue weighted by Crippen LogP contribution is -2.40. The van der Waals surface area contributed by atoms with Crippen molar-refractivity contribution in [2.24, 2.45) is 5.41 Å². The van der Waals surface area contributed by atoms with Crippen LogP contribution in [0.5, 0.6) is 0 Å². The van der Waals surface area contributed by atoms with Gasteiger partial charge < -0.3 is 14.7 Å². The molecule has 1 aliphatic rings. The van der Waals surface area contributed by atoms with E-state index in [1.165, 1.54) is 7.11 Å². The van der Waals surface area contributed by atoms with Gasteiger partial charge in [-0.05, 0) is 25.5 Å². The molecule has 1 aliphatic heterocycles. The quantitative estimate of drug-likeness (QED) is 0.894. The van der Waals surface area contributed by atoms with Crippen LogP contribution in [0, 0.1) is 12.3 Å². The molecule has 1 atom stereocenters. The summed E-state index contributed by atoms with van der Waals surface area (Å²) in [6.45, 7) is 2.46. The molecule has 1 saturated heterocycles. The molecule has 0 aliphatic carbocycles. The number of carboxylic acid groups (broad SMARTS) is 1. The van der Waals surface area contributed by atoms with E-state index in [9.17, 15) is 14.7 Å². The molecule has 1 N–H and O–H groups in total. The first-order chi connectivity index (χ1) is 12.0. The first-order valence-electron chi connectivity index (χ1n) is 8.10. The summed E-state index contributed by atoms with van der Waals surface area (Å²) in [4.78, 5) is 26.1. The molecule has 1 amide bonds. The van der Waals surface area contributed by atoms with E-state index < -0.39 is 11.4 Å². The number of aromatic nitrogens is 2. The molecule has 1 aromatic carbocycles. The molecule has 132 valence electrons. The topological polar surface area (TPSA) is 84.7 Å². The van der Waals surface area contributed by atoms with Crippen LogP contribution < -0.4 is 0 Å². The normalized spacial score (nSPS) is 20.0. The number of nitrogens with zero attached hydrogens (tertiary/aromatic N) is 3. The van der Waals surface area contributed by atoms with Crippen molar-refractivity contribution in [1.29, 1.82) is 0 Å². The van der Waals surface area contributed by atoms with Gasteiger partial charge in [0.05, 0.1) is 29.7 Å². The minimum absolute atomic E-state index is 0.0916. The van der Waals surface area contributed by atoms with Crippen molar-refractivity contribution in [3.63, 3.8) is 0 Å². The van der Waals surface area contributed by atoms with Crippen molar-refractivity contribution < 1.29 is 19.4 Å². The van der Waals surface area contributed by atoms with Gasteiger partial charge in [-0.1, -0.05) is 18.2 Å². The van der Waals surface area contributed by atoms with Crippen LogP contribution in [0.25, 0.3) is 5.69 Å². The molecule has 3 rings (SSSR count). The number of carbonyl (C=O) groups is 2. The van der Waals surface area contributed by atoms with Crippen LogP contribution in [0.1, 0.15) is 22.5 Å². The van der Waals surface area contributed by atoms with Gasteiger partial charge in [-0.3, -0.25) is 9.59 Å². The zero-order valence-corrected chi connectivity index (χ0v) is 14.3. The van der Waals surface area contributed by atoms with E-state index in [1.54, 1.807) is 15.8 Å². The summed E-state index contributed by atoms with van der Waals surface area (Å²) in [5.74, 6) is -1.12. The third kappa shape index (κ3) is 3.02. The molecule has 7 heteroatoms. The first kappa shape index (κ1) is 17.2. The highest BCUT2D eigenvalue weighted by atomic mass is 16.5. The Morgan fingerprint density at radius 3 is 2.68 bits per heavy atom. The molecule has 0 saturated carbocycles. The maximum Gasteiger partial charge on any atom is 0.313 e. The molecular weight excluding hydrogens is 322 g/mol. The van der Waals surface area contributed by atoms with E-state index in [2.05, 4.69) is 5.10 Å². The molecule has 1 fully saturated rings. The number of para-hydroxylation sites is 1. The number of benzene rings is 1. The summed E-state index contributed by atoms with van der Waals surface area (Å²) in [5, 5.41) is 13.9. The lowest BCUT2D eigenvalue weighted by Gasteiger charge is -2.23. The van der Waals surface area contributed by atoms with Crippen LogP contribution in [0.15, 0.2) is 36.5 Å². The van der Waals surface area contributed by atoms with Gasteiger partial charge in [0.2, 0.25) is 0 Å². The van der Waals surface area contributed by atoms with Crippen molar-refractivity contribution in [1.82, 2.24) is 14.7 Å². The summed E-state index contributed by atoms with van der Waals surface area (Å²) in [5.41, 5.74) is 1.06. The van der Waals surface area contributed by atoms with Crippen LogP contribution in [-0.2, 0) is 9.53 Å². The third-order valence-electron chi connectivity index (χ3n) is 4.76. The minimum Gasteiger partial charge on any atom is -0.481 e. The number of likely N-dealkylation sites (tertiary alicyclic amines) is 1. The van der Waals surface area contributed by atoms with E-state index in [4.69, 9.17) is 4.74 Å². The highest BCUT2D eigenvalue weighted by Gasteiger charge is 2.46. The zero-order valence-electron chi connectivity index (χ0n) is 14.3. The highest BCUT2D eigenvalue weighted by Crippen LogP contribution is 2.32. The Balaban J connectivity index is 1.83. The second-order valence-corrected chi connectivity index (χ2v) is 6.39. The lowest BCUT2D eigenvalue weighted by molar-refractivity contribution is -0.151. The fourth-order valence-electron chi connectivity index (χ4n) is 3.30. The maximum atomic E-state index is 12.9. The molecule has 0 spiro atoms. The Kier molecular flexibility index (Phi) is 4.59. The molecule has 0 bridgehead atoms. The number of amides is 1. The number of carbonyl (C=O) groups excluding carboxylic acids is 1. The van der Waals surface area contributed by atoms with E-state index in [0.29, 0.717) is 18.5 Å². The van der Waals surface area contributed by atoms with Crippen LogP contribution in [0.2, 0.25) is 0 Å². The second kappa shape index (κ2) is 6.68. The van der Waals surface area contributed by atoms with Crippen LogP contribution >= 0.6 is 0 Å². The number of ether oxygens (including phenoxy) is 1. The Hall–Kier alpha value is -2.67. The third-order valence-corrected chi connectivity index (χ3v) is 4.76. The summed E-state index contributed by atoms with van der Waals surface area (Å²) in [6, 6.07) is 9.56. The summed E-state index contributed by atoms with van der Waals surface area (Å²) < 4.78 is 6.79. The average molecular weight is 343 g/mol. The van der Waals surface area contributed by atoms with E-state index in [-0.39, 0.29) is 19.1 Å². The standard InChI is InChI=1S/C18H21N3O4/c1-13-15(10-19-21(13)14-6-4-3-5-7-14)16(22)20-9-8-18(11-20,12-25-2)17(23)24/h3-7,10H,8-9,11-12H2,1-2H3,(H,23,24). The van der Waals surface area contributed by atoms with Crippen molar-refractivity contribution in [3.8, 4) is 5.69 Å². The summed E-state index contributed by atoms with van der Waals surface area (Å²) in [6.07, 6.45) is 1.93. The molecule has 25 heavy (non-hydrogen) atoms. The van der Waals surface area contributed by atoms with Gasteiger partial charge in [0, 0.05) is 20.2 Å². The van der Waals surface area contributed by atoms with Gasteiger partial charge in [0.25, 0.3) is 5.91 Å². The van der Waals surface area contributed by atoms with E-state index in [1.807, 2.05) is 37.3 Å². The number of hydrogen-bond donors (Lipinski definition) is 1. The predicted octanol–water partition coefficient (Wildman–Crippen LogP) is 1.74. The SMILES string of the molecule is COCC1(C(=O)O)CCN(C(=O)c2cnn(-c3ccccc3)c2C)C1. The second-order valence-electron chi connectivity index (χ2n) is 6.39. The first-order valence-corrected chi connectivity index (χ1v) is 8.10. The van der Waals surface area contributed by atoms with Crippen LogP contribution in [-0.4, -0.2) is 58.5 Å². The van der Waals surface area contributed by atoms with E-state index >= 15 is 0 Å². The molecule has 0 radical (unpaired) electrons. The molecule has 7 nitrogen and oxygen atoms in total. The van der Waals surface area contributed by atoms with Crippen LogP contribution in [0.3, 0.4) is 0 Å². The molecular formula is C18H21N3O4. The number of hydrogen-bond acceptors (Lipinski definition) is 4. The van der Waals surface area contributed by atoms with Gasteiger partial charge in [0.1, 0.15) is 5.41 Å². The fraction of sp³-hybridized carbons (Fsp3) is 0.389. The number of methoxy groups -OCH3 is 1. The van der Waals surface area contributed by atoms with Crippen molar-refractivity contribution >= 4 is 11.9 Å². The Bertz CT molecular complexity index is 787. The Labute approximate surface area is 145 Å². The minimum atomic E-state index is -1.03. The number of carboxylic acids is 1. The summed E-state index contributed by atoms with van der Waals surface area (Å²) >= 11 is 0. The van der Waals surface area contributed by atoms with Gasteiger partial charge in [-0.2, -0.15) is 5.10 Å². The van der Waals surface area contributed by atoms with Gasteiger partial charge in [-0.25, -0.2) is 4.68 Å². The lowest BCUT2D eigenvalue weighted by atomic mass is 9.88. The molecule has 1 unspecified atom stereocenters. The van der Waals surface area contributed by atoms with Crippen molar-refractivity contribution in [2.75, 3.05) is 26.8 Å². The average Bonchev–Trinajstić information content (AvgIpc) is 3.20. The van der Waals surface area contributed by atoms with Crippen molar-refractivity contribution in [3.05, 3.63) is 47.8 Å². The monoisotopic (exact) mass is 343 g/mol. The maximum absolute atomic E-state index is 12.9. The molecule has 2 aromatic rings. The highest BCUT2D eigenvalue weighted by molar-refractivity contribution is 5.96. The van der Waals surface area contributed by atoms with Crippen LogP contribution in [0.4, 0.5) is 0 Å². The Morgan fingerprint density at radius 2 is 2.04 bits per heavy atom. The Morgan fingerprint density at radius 1 is 1.32 bits per heavy atom. The molecule has 2 heterocycles. The van der Waals surface area contributed by atoms with Gasteiger partial charge in [0.15, 0.2) is 0 Å². The fourth-order valence-corrected chi connectivity index (χ4v) is 3.30. The number of rotatable bonds is 5. The smallest absolute Gasteiger partial charge is 0.313 e. The summed E-state index contributed by atoms with van der Waals surface area (Å²) in [7, 11) is 1.48. The van der Waals surface area contributed by atoms with E-state index in [0.717, 1.165) is 11.4 Å². The van der Waals surface area contributed by atoms with Gasteiger partial charge >= 0.3 is 5.97 Å². The van der Waals surface area contributed by atoms with Crippen molar-refractivity contribution in [2.45, 2.75) is 13.3 Å². The molecule has 1 aromatic heterocycles.